The Morgan fingerprint density at radius 3 is 2.83 bits per heavy atom. The molecule has 0 aliphatic heterocycles. The van der Waals surface area contributed by atoms with Crippen LogP contribution >= 0.6 is 11.3 Å². The Bertz CT molecular complexity index is 698. The Balaban J connectivity index is 2.06. The molecule has 6 heteroatoms. The summed E-state index contributed by atoms with van der Waals surface area (Å²) in [7, 11) is 0. The molecule has 2 aromatic rings. The highest BCUT2D eigenvalue weighted by Crippen LogP contribution is 2.22. The number of hydrogen-bond donors (Lipinski definition) is 2. The molecule has 0 atom stereocenters. The summed E-state index contributed by atoms with van der Waals surface area (Å²) >= 11 is 1.65. The van der Waals surface area contributed by atoms with Gasteiger partial charge in [-0.05, 0) is 50.9 Å². The van der Waals surface area contributed by atoms with Crippen molar-refractivity contribution in [2.24, 2.45) is 5.73 Å². The van der Waals surface area contributed by atoms with Gasteiger partial charge in [0.15, 0.2) is 0 Å². The molecule has 0 bridgehead atoms. The summed E-state index contributed by atoms with van der Waals surface area (Å²) in [6.07, 6.45) is 1.67. The highest BCUT2D eigenvalue weighted by Gasteiger charge is 2.14. The van der Waals surface area contributed by atoms with Crippen LogP contribution in [-0.4, -0.2) is 24.0 Å². The fraction of sp³-hybridized carbons (Fsp3) is 0.444. The van der Waals surface area contributed by atoms with Gasteiger partial charge in [-0.2, -0.15) is 0 Å². The van der Waals surface area contributed by atoms with E-state index < -0.39 is 0 Å². The molecular weight excluding hydrogens is 322 g/mol. The number of rotatable bonds is 8. The molecule has 0 aliphatic rings. The number of nitrogens with zero attached hydrogens (tertiary/aromatic N) is 1. The van der Waals surface area contributed by atoms with Crippen molar-refractivity contribution in [3.63, 3.8) is 0 Å². The van der Waals surface area contributed by atoms with E-state index in [1.54, 1.807) is 17.4 Å². The molecule has 0 unspecified atom stereocenters. The van der Waals surface area contributed by atoms with Gasteiger partial charge in [0.1, 0.15) is 5.75 Å². The van der Waals surface area contributed by atoms with Crippen LogP contribution in [0.5, 0.6) is 5.75 Å². The summed E-state index contributed by atoms with van der Waals surface area (Å²) in [6.45, 7) is 7.59. The molecule has 0 saturated carbocycles. The summed E-state index contributed by atoms with van der Waals surface area (Å²) in [6, 6.07) is 5.61. The number of ether oxygens (including phenoxy) is 1. The molecule has 0 radical (unpaired) electrons. The van der Waals surface area contributed by atoms with E-state index in [1.165, 1.54) is 0 Å². The van der Waals surface area contributed by atoms with Gasteiger partial charge in [0.05, 0.1) is 29.4 Å². The number of nitrogens with one attached hydrogen (secondary N) is 1. The third kappa shape index (κ3) is 4.79. The van der Waals surface area contributed by atoms with E-state index in [0.29, 0.717) is 31.0 Å². The number of aromatic nitrogens is 1. The molecule has 1 amide bonds. The molecule has 0 spiro atoms. The quantitative estimate of drug-likeness (QED) is 0.720. The molecule has 0 saturated heterocycles. The van der Waals surface area contributed by atoms with Gasteiger partial charge in [-0.1, -0.05) is 13.0 Å². The minimum atomic E-state index is -0.136. The number of benzene rings is 1. The maximum Gasteiger partial charge on any atom is 0.255 e. The van der Waals surface area contributed by atoms with Crippen LogP contribution in [0, 0.1) is 13.8 Å². The second-order valence-electron chi connectivity index (χ2n) is 5.64. The smallest absolute Gasteiger partial charge is 0.255 e. The predicted molar refractivity (Wildman–Crippen MR) is 97.7 cm³/mol. The largest absolute Gasteiger partial charge is 0.493 e. The van der Waals surface area contributed by atoms with Crippen LogP contribution in [0.4, 0.5) is 0 Å². The van der Waals surface area contributed by atoms with Crippen molar-refractivity contribution in [1.29, 1.82) is 0 Å². The first-order chi connectivity index (χ1) is 11.5. The molecule has 24 heavy (non-hydrogen) atoms. The van der Waals surface area contributed by atoms with Gasteiger partial charge in [0, 0.05) is 4.88 Å². The zero-order valence-corrected chi connectivity index (χ0v) is 15.3. The molecule has 3 N–H and O–H groups in total. The maximum absolute atomic E-state index is 12.5. The fourth-order valence-corrected chi connectivity index (χ4v) is 3.21. The van der Waals surface area contributed by atoms with E-state index in [-0.39, 0.29) is 5.91 Å². The third-order valence-corrected chi connectivity index (χ3v) is 4.94. The SMILES string of the molecule is CCc1nc(C)c(CNC(=O)c2ccc(C)cc2OCCCN)s1. The molecule has 1 aromatic heterocycles. The van der Waals surface area contributed by atoms with Crippen molar-refractivity contribution in [3.8, 4) is 5.75 Å². The molecule has 0 aliphatic carbocycles. The Kier molecular flexibility index (Phi) is 6.75. The van der Waals surface area contributed by atoms with Gasteiger partial charge in [-0.3, -0.25) is 4.79 Å². The first-order valence-corrected chi connectivity index (χ1v) is 9.03. The van der Waals surface area contributed by atoms with E-state index in [1.807, 2.05) is 26.0 Å². The van der Waals surface area contributed by atoms with Gasteiger partial charge in [-0.15, -0.1) is 11.3 Å². The van der Waals surface area contributed by atoms with Gasteiger partial charge < -0.3 is 15.8 Å². The van der Waals surface area contributed by atoms with Gasteiger partial charge in [0.25, 0.3) is 5.91 Å². The fourth-order valence-electron chi connectivity index (χ4n) is 2.26. The molecule has 5 nitrogen and oxygen atoms in total. The Morgan fingerprint density at radius 1 is 1.38 bits per heavy atom. The van der Waals surface area contributed by atoms with Crippen molar-refractivity contribution in [2.45, 2.75) is 40.2 Å². The normalized spacial score (nSPS) is 10.7. The van der Waals surface area contributed by atoms with Crippen molar-refractivity contribution in [3.05, 3.63) is 44.9 Å². The van der Waals surface area contributed by atoms with Crippen molar-refractivity contribution in [2.75, 3.05) is 13.2 Å². The minimum absolute atomic E-state index is 0.136. The Hall–Kier alpha value is -1.92. The lowest BCUT2D eigenvalue weighted by molar-refractivity contribution is 0.0947. The van der Waals surface area contributed by atoms with Gasteiger partial charge in [0.2, 0.25) is 0 Å². The maximum atomic E-state index is 12.5. The van der Waals surface area contributed by atoms with E-state index in [2.05, 4.69) is 17.2 Å². The van der Waals surface area contributed by atoms with Crippen LogP contribution < -0.4 is 15.8 Å². The zero-order chi connectivity index (χ0) is 17.5. The summed E-state index contributed by atoms with van der Waals surface area (Å²) in [5.41, 5.74) is 8.09. The van der Waals surface area contributed by atoms with Gasteiger partial charge in [-0.25, -0.2) is 4.98 Å². The van der Waals surface area contributed by atoms with Crippen LogP contribution in [0.3, 0.4) is 0 Å². The van der Waals surface area contributed by atoms with Crippen molar-refractivity contribution < 1.29 is 9.53 Å². The predicted octanol–water partition coefficient (Wildman–Crippen LogP) is 2.98. The second-order valence-corrected chi connectivity index (χ2v) is 6.81. The lowest BCUT2D eigenvalue weighted by atomic mass is 10.1. The Labute approximate surface area is 147 Å². The molecular formula is C18H25N3O2S. The number of aryl methyl sites for hydroxylation is 3. The second kappa shape index (κ2) is 8.80. The lowest BCUT2D eigenvalue weighted by Crippen LogP contribution is -2.23. The van der Waals surface area contributed by atoms with E-state index in [0.717, 1.165) is 34.0 Å². The first kappa shape index (κ1) is 18.4. The minimum Gasteiger partial charge on any atom is -0.493 e. The third-order valence-electron chi connectivity index (χ3n) is 3.64. The topological polar surface area (TPSA) is 77.2 Å². The number of carbonyl (C=O) groups is 1. The highest BCUT2D eigenvalue weighted by atomic mass is 32.1. The summed E-state index contributed by atoms with van der Waals surface area (Å²) in [5.74, 6) is 0.472. The number of thiazole rings is 1. The van der Waals surface area contributed by atoms with E-state index in [9.17, 15) is 4.79 Å². The molecule has 0 fully saturated rings. The average Bonchev–Trinajstić information content (AvgIpc) is 2.93. The number of carbonyl (C=O) groups excluding carboxylic acids is 1. The van der Waals surface area contributed by atoms with E-state index >= 15 is 0 Å². The average molecular weight is 347 g/mol. The van der Waals surface area contributed by atoms with Crippen LogP contribution in [0.25, 0.3) is 0 Å². The summed E-state index contributed by atoms with van der Waals surface area (Å²) in [5, 5.41) is 4.07. The van der Waals surface area contributed by atoms with E-state index in [4.69, 9.17) is 10.5 Å². The zero-order valence-electron chi connectivity index (χ0n) is 14.5. The molecule has 130 valence electrons. The molecule has 1 aromatic carbocycles. The monoisotopic (exact) mass is 347 g/mol. The molecule has 1 heterocycles. The standard InChI is InChI=1S/C18H25N3O2S/c1-4-17-21-13(3)16(24-17)11-20-18(22)14-7-6-12(2)10-15(14)23-9-5-8-19/h6-7,10H,4-5,8-9,11,19H2,1-3H3,(H,20,22). The lowest BCUT2D eigenvalue weighted by Gasteiger charge is -2.12. The van der Waals surface area contributed by atoms with Crippen LogP contribution in [0.1, 0.15) is 44.8 Å². The Morgan fingerprint density at radius 2 is 2.17 bits per heavy atom. The van der Waals surface area contributed by atoms with Crippen molar-refractivity contribution in [1.82, 2.24) is 10.3 Å². The summed E-state index contributed by atoms with van der Waals surface area (Å²) < 4.78 is 5.73. The van der Waals surface area contributed by atoms with Crippen molar-refractivity contribution >= 4 is 17.2 Å². The van der Waals surface area contributed by atoms with Gasteiger partial charge >= 0.3 is 0 Å². The number of hydrogen-bond acceptors (Lipinski definition) is 5. The first-order valence-electron chi connectivity index (χ1n) is 8.22. The summed E-state index contributed by atoms with van der Waals surface area (Å²) in [4.78, 5) is 18.1. The number of nitrogens with two attached hydrogens (primary N) is 1. The van der Waals surface area contributed by atoms with Crippen LogP contribution in [0.2, 0.25) is 0 Å². The number of amides is 1. The molecule has 2 rings (SSSR count). The van der Waals surface area contributed by atoms with Crippen LogP contribution in [-0.2, 0) is 13.0 Å². The highest BCUT2D eigenvalue weighted by molar-refractivity contribution is 7.11. The van der Waals surface area contributed by atoms with Crippen LogP contribution in [0.15, 0.2) is 18.2 Å².